The Morgan fingerprint density at radius 2 is 2.00 bits per heavy atom. The lowest BCUT2D eigenvalue weighted by atomic mass is 10.2. The summed E-state index contributed by atoms with van der Waals surface area (Å²) in [6.45, 7) is 9.46. The van der Waals surface area contributed by atoms with Gasteiger partial charge in [0.1, 0.15) is 12.4 Å². The Balaban J connectivity index is 2.33. The molecule has 18 heavy (non-hydrogen) atoms. The predicted octanol–water partition coefficient (Wildman–Crippen LogP) is 1.35. The van der Waals surface area contributed by atoms with Gasteiger partial charge in [-0.05, 0) is 13.8 Å². The third-order valence-electron chi connectivity index (χ3n) is 2.88. The molecule has 100 valence electrons. The van der Waals surface area contributed by atoms with Gasteiger partial charge in [-0.15, -0.1) is 5.10 Å². The zero-order valence-electron chi connectivity index (χ0n) is 11.4. The second kappa shape index (κ2) is 5.06. The van der Waals surface area contributed by atoms with Crippen molar-refractivity contribution in [3.05, 3.63) is 5.82 Å². The molecule has 6 nitrogen and oxygen atoms in total. The first kappa shape index (κ1) is 13.0. The van der Waals surface area contributed by atoms with Crippen molar-refractivity contribution in [1.29, 1.82) is 0 Å². The Labute approximate surface area is 107 Å². The van der Waals surface area contributed by atoms with Gasteiger partial charge in [0.05, 0.1) is 13.2 Å². The topological polar surface area (TPSA) is 60.3 Å². The molecule has 1 fully saturated rings. The van der Waals surface area contributed by atoms with Gasteiger partial charge in [0.2, 0.25) is 0 Å². The molecule has 1 saturated heterocycles. The maximum absolute atomic E-state index is 11.8. The zero-order chi connectivity index (χ0) is 13.3. The molecule has 0 N–H and O–H groups in total. The monoisotopic (exact) mass is 252 g/mol. The van der Waals surface area contributed by atoms with E-state index in [4.69, 9.17) is 4.74 Å². The number of rotatable bonds is 3. The minimum atomic E-state index is -0.0718. The van der Waals surface area contributed by atoms with Gasteiger partial charge in [0.15, 0.2) is 0 Å². The molecule has 0 bridgehead atoms. The van der Waals surface area contributed by atoms with Gasteiger partial charge < -0.3 is 4.74 Å². The average molecular weight is 252 g/mol. The average Bonchev–Trinajstić information content (AvgIpc) is 2.74. The van der Waals surface area contributed by atoms with Crippen molar-refractivity contribution in [1.82, 2.24) is 14.8 Å². The number of hydrogen-bond donors (Lipinski definition) is 0. The van der Waals surface area contributed by atoms with E-state index in [2.05, 4.69) is 37.8 Å². The number of amides is 1. The Morgan fingerprint density at radius 3 is 2.50 bits per heavy atom. The fourth-order valence-electron chi connectivity index (χ4n) is 1.94. The molecule has 6 heteroatoms. The Bertz CT molecular complexity index is 414. The van der Waals surface area contributed by atoms with Crippen LogP contribution in [0.3, 0.4) is 0 Å². The van der Waals surface area contributed by atoms with E-state index in [0.29, 0.717) is 19.1 Å². The van der Waals surface area contributed by atoms with E-state index in [0.717, 1.165) is 5.82 Å². The number of carbonyl (C=O) groups is 1. The summed E-state index contributed by atoms with van der Waals surface area (Å²) in [5, 5.41) is 4.46. The summed E-state index contributed by atoms with van der Waals surface area (Å²) in [6, 6.07) is 0.236. The molecule has 0 radical (unpaired) electrons. The maximum Gasteiger partial charge on any atom is 0.255 e. The summed E-state index contributed by atoms with van der Waals surface area (Å²) < 4.78 is 7.00. The first-order valence-corrected chi connectivity index (χ1v) is 6.35. The molecule has 1 amide bonds. The van der Waals surface area contributed by atoms with Crippen molar-refractivity contribution in [2.75, 3.05) is 24.7 Å². The molecular formula is C12H20N4O2. The molecule has 1 aliphatic rings. The van der Waals surface area contributed by atoms with Crippen LogP contribution in [0.2, 0.25) is 0 Å². The number of morpholine rings is 1. The highest BCUT2D eigenvalue weighted by molar-refractivity contribution is 5.93. The quantitative estimate of drug-likeness (QED) is 0.814. The van der Waals surface area contributed by atoms with Crippen molar-refractivity contribution in [3.8, 4) is 0 Å². The van der Waals surface area contributed by atoms with Gasteiger partial charge in [0.25, 0.3) is 11.9 Å². The molecule has 1 aromatic heterocycles. The van der Waals surface area contributed by atoms with Crippen LogP contribution in [0.15, 0.2) is 0 Å². The van der Waals surface area contributed by atoms with Gasteiger partial charge in [-0.1, -0.05) is 13.8 Å². The Hall–Kier alpha value is -1.43. The zero-order valence-corrected chi connectivity index (χ0v) is 11.4. The molecule has 0 spiro atoms. The van der Waals surface area contributed by atoms with Gasteiger partial charge in [-0.25, -0.2) is 4.68 Å². The molecule has 0 atom stereocenters. The van der Waals surface area contributed by atoms with Crippen LogP contribution < -0.4 is 4.90 Å². The van der Waals surface area contributed by atoms with Crippen LogP contribution in [0.4, 0.5) is 5.95 Å². The van der Waals surface area contributed by atoms with Crippen molar-refractivity contribution in [3.63, 3.8) is 0 Å². The summed E-state index contributed by atoms with van der Waals surface area (Å²) in [7, 11) is 0. The number of carbonyl (C=O) groups excluding carboxylic acids is 1. The lowest BCUT2D eigenvalue weighted by Crippen LogP contribution is -2.42. The number of ether oxygens (including phenoxy) is 1. The summed E-state index contributed by atoms with van der Waals surface area (Å²) in [5.74, 6) is 1.63. The van der Waals surface area contributed by atoms with Crippen LogP contribution >= 0.6 is 0 Å². The van der Waals surface area contributed by atoms with E-state index in [9.17, 15) is 4.79 Å². The fraction of sp³-hybridized carbons (Fsp3) is 0.750. The van der Waals surface area contributed by atoms with Crippen LogP contribution in [-0.2, 0) is 9.53 Å². The number of anilines is 1. The largest absolute Gasteiger partial charge is 0.370 e. The van der Waals surface area contributed by atoms with Crippen LogP contribution in [0.5, 0.6) is 0 Å². The van der Waals surface area contributed by atoms with E-state index in [1.807, 2.05) is 4.68 Å². The number of hydrogen-bond acceptors (Lipinski definition) is 4. The summed E-state index contributed by atoms with van der Waals surface area (Å²) in [6.07, 6.45) is 0. The predicted molar refractivity (Wildman–Crippen MR) is 67.7 cm³/mol. The number of aromatic nitrogens is 3. The third-order valence-corrected chi connectivity index (χ3v) is 2.88. The summed E-state index contributed by atoms with van der Waals surface area (Å²) >= 11 is 0. The second-order valence-corrected chi connectivity index (χ2v) is 5.06. The molecule has 0 aromatic carbocycles. The van der Waals surface area contributed by atoms with Crippen molar-refractivity contribution < 1.29 is 9.53 Å². The van der Waals surface area contributed by atoms with Gasteiger partial charge in [-0.3, -0.25) is 9.69 Å². The maximum atomic E-state index is 11.8. The molecule has 2 rings (SSSR count). The van der Waals surface area contributed by atoms with Crippen LogP contribution in [0, 0.1) is 0 Å². The fourth-order valence-corrected chi connectivity index (χ4v) is 1.94. The van der Waals surface area contributed by atoms with Crippen molar-refractivity contribution >= 4 is 11.9 Å². The number of nitrogens with zero attached hydrogens (tertiary/aromatic N) is 4. The normalized spacial score (nSPS) is 17.0. The molecule has 0 unspecified atom stereocenters. The second-order valence-electron chi connectivity index (χ2n) is 5.06. The highest BCUT2D eigenvalue weighted by Gasteiger charge is 2.26. The van der Waals surface area contributed by atoms with Crippen molar-refractivity contribution in [2.24, 2.45) is 0 Å². The highest BCUT2D eigenvalue weighted by Crippen LogP contribution is 2.21. The Kier molecular flexibility index (Phi) is 3.65. The lowest BCUT2D eigenvalue weighted by molar-refractivity contribution is -0.125. The van der Waals surface area contributed by atoms with E-state index in [1.54, 1.807) is 4.90 Å². The van der Waals surface area contributed by atoms with Crippen molar-refractivity contribution in [2.45, 2.75) is 39.7 Å². The first-order chi connectivity index (χ1) is 8.50. The van der Waals surface area contributed by atoms with E-state index >= 15 is 0 Å². The minimum Gasteiger partial charge on any atom is -0.370 e. The van der Waals surface area contributed by atoms with E-state index in [-0.39, 0.29) is 24.5 Å². The van der Waals surface area contributed by atoms with Crippen LogP contribution in [0.25, 0.3) is 0 Å². The first-order valence-electron chi connectivity index (χ1n) is 6.35. The molecule has 0 saturated carbocycles. The SMILES string of the molecule is CC(C)c1nc(N2CCOCC2=O)nn1C(C)C. The Morgan fingerprint density at radius 1 is 1.28 bits per heavy atom. The minimum absolute atomic E-state index is 0.0718. The molecule has 0 aliphatic carbocycles. The van der Waals surface area contributed by atoms with Crippen LogP contribution in [-0.4, -0.2) is 40.4 Å². The smallest absolute Gasteiger partial charge is 0.255 e. The third kappa shape index (κ3) is 2.38. The molecule has 1 aromatic rings. The summed E-state index contributed by atoms with van der Waals surface area (Å²) in [5.41, 5.74) is 0. The van der Waals surface area contributed by atoms with Gasteiger partial charge in [0, 0.05) is 12.0 Å². The molecular weight excluding hydrogens is 232 g/mol. The molecule has 2 heterocycles. The van der Waals surface area contributed by atoms with Gasteiger partial charge >= 0.3 is 0 Å². The van der Waals surface area contributed by atoms with Gasteiger partial charge in [-0.2, -0.15) is 4.98 Å². The van der Waals surface area contributed by atoms with Crippen LogP contribution in [0.1, 0.15) is 45.5 Å². The van der Waals surface area contributed by atoms with E-state index in [1.165, 1.54) is 0 Å². The molecule has 1 aliphatic heterocycles. The lowest BCUT2D eigenvalue weighted by Gasteiger charge is -2.23. The standard InChI is InChI=1S/C12H20N4O2/c1-8(2)11-13-12(14-16(11)9(3)4)15-5-6-18-7-10(15)17/h8-9H,5-7H2,1-4H3. The highest BCUT2D eigenvalue weighted by atomic mass is 16.5. The summed E-state index contributed by atoms with van der Waals surface area (Å²) in [4.78, 5) is 17.9. The van der Waals surface area contributed by atoms with E-state index < -0.39 is 0 Å².